The van der Waals surface area contributed by atoms with Crippen LogP contribution >= 0.6 is 0 Å². The first-order valence-corrected chi connectivity index (χ1v) is 6.14. The SMILES string of the molecule is CNc1cc(C(=O)N2CCC(C)C2)c([N+](=O)[O-])cn1. The third kappa shape index (κ3) is 2.64. The molecule has 0 aromatic carbocycles. The van der Waals surface area contributed by atoms with Crippen LogP contribution in [0.3, 0.4) is 0 Å². The molecule has 1 aliphatic rings. The van der Waals surface area contributed by atoms with Gasteiger partial charge in [0.05, 0.1) is 4.92 Å². The molecule has 0 radical (unpaired) electrons. The molecule has 2 heterocycles. The Hall–Kier alpha value is -2.18. The minimum atomic E-state index is -0.570. The molecule has 19 heavy (non-hydrogen) atoms. The van der Waals surface area contributed by atoms with Crippen molar-refractivity contribution < 1.29 is 9.72 Å². The second kappa shape index (κ2) is 5.21. The van der Waals surface area contributed by atoms with E-state index in [0.717, 1.165) is 12.6 Å². The third-order valence-corrected chi connectivity index (χ3v) is 3.28. The summed E-state index contributed by atoms with van der Waals surface area (Å²) in [4.78, 5) is 28.3. The van der Waals surface area contributed by atoms with E-state index in [9.17, 15) is 14.9 Å². The van der Waals surface area contributed by atoms with Crippen LogP contribution in [-0.2, 0) is 0 Å². The van der Waals surface area contributed by atoms with Crippen molar-refractivity contribution in [1.29, 1.82) is 0 Å². The van der Waals surface area contributed by atoms with Gasteiger partial charge in [0.15, 0.2) is 0 Å². The predicted octanol–water partition coefficient (Wildman–Crippen LogP) is 1.51. The minimum absolute atomic E-state index is 0.0958. The number of aromatic nitrogens is 1. The predicted molar refractivity (Wildman–Crippen MR) is 70.1 cm³/mol. The Kier molecular flexibility index (Phi) is 3.64. The van der Waals surface area contributed by atoms with Crippen molar-refractivity contribution in [2.45, 2.75) is 13.3 Å². The van der Waals surface area contributed by atoms with Gasteiger partial charge in [-0.2, -0.15) is 0 Å². The first kappa shape index (κ1) is 13.3. The average Bonchev–Trinajstić information content (AvgIpc) is 2.83. The Morgan fingerprint density at radius 2 is 2.37 bits per heavy atom. The van der Waals surface area contributed by atoms with Crippen molar-refractivity contribution >= 4 is 17.4 Å². The normalized spacial score (nSPS) is 18.4. The first-order chi connectivity index (χ1) is 9.02. The number of hydrogen-bond acceptors (Lipinski definition) is 5. The lowest BCUT2D eigenvalue weighted by Gasteiger charge is -2.16. The number of nitrogens with zero attached hydrogens (tertiary/aromatic N) is 3. The zero-order valence-corrected chi connectivity index (χ0v) is 10.9. The van der Waals surface area contributed by atoms with E-state index in [1.165, 1.54) is 6.07 Å². The molecule has 7 heteroatoms. The number of anilines is 1. The van der Waals surface area contributed by atoms with E-state index in [1.807, 2.05) is 0 Å². The van der Waals surface area contributed by atoms with Crippen LogP contribution in [0, 0.1) is 16.0 Å². The minimum Gasteiger partial charge on any atom is -0.373 e. The van der Waals surface area contributed by atoms with Crippen LogP contribution in [0.2, 0.25) is 0 Å². The number of carbonyl (C=O) groups is 1. The summed E-state index contributed by atoms with van der Waals surface area (Å²) in [5, 5.41) is 13.8. The van der Waals surface area contributed by atoms with Gasteiger partial charge in [-0.15, -0.1) is 0 Å². The van der Waals surface area contributed by atoms with Crippen LogP contribution in [0.5, 0.6) is 0 Å². The molecule has 102 valence electrons. The lowest BCUT2D eigenvalue weighted by Crippen LogP contribution is -2.29. The molecule has 0 bridgehead atoms. The molecule has 2 rings (SSSR count). The van der Waals surface area contributed by atoms with Crippen molar-refractivity contribution in [1.82, 2.24) is 9.88 Å². The van der Waals surface area contributed by atoms with Crippen molar-refractivity contribution in [3.8, 4) is 0 Å². The van der Waals surface area contributed by atoms with E-state index in [4.69, 9.17) is 0 Å². The smallest absolute Gasteiger partial charge is 0.300 e. The first-order valence-electron chi connectivity index (χ1n) is 6.14. The zero-order chi connectivity index (χ0) is 14.0. The lowest BCUT2D eigenvalue weighted by atomic mass is 10.1. The van der Waals surface area contributed by atoms with Crippen LogP contribution in [0.15, 0.2) is 12.3 Å². The van der Waals surface area contributed by atoms with E-state index < -0.39 is 4.92 Å². The Morgan fingerprint density at radius 3 is 2.89 bits per heavy atom. The zero-order valence-electron chi connectivity index (χ0n) is 10.9. The maximum atomic E-state index is 12.4. The molecule has 0 saturated carbocycles. The highest BCUT2D eigenvalue weighted by atomic mass is 16.6. The van der Waals surface area contributed by atoms with Crippen LogP contribution in [0.4, 0.5) is 11.5 Å². The van der Waals surface area contributed by atoms with E-state index in [1.54, 1.807) is 11.9 Å². The number of rotatable bonds is 3. The van der Waals surface area contributed by atoms with Crippen molar-refractivity contribution in [3.63, 3.8) is 0 Å². The highest BCUT2D eigenvalue weighted by molar-refractivity contribution is 5.98. The molecule has 1 aromatic rings. The quantitative estimate of drug-likeness (QED) is 0.660. The fourth-order valence-corrected chi connectivity index (χ4v) is 2.19. The van der Waals surface area contributed by atoms with Gasteiger partial charge in [-0.05, 0) is 12.3 Å². The average molecular weight is 264 g/mol. The molecular formula is C12H16N4O3. The second-order valence-electron chi connectivity index (χ2n) is 4.74. The number of likely N-dealkylation sites (tertiary alicyclic amines) is 1. The maximum absolute atomic E-state index is 12.4. The standard InChI is InChI=1S/C12H16N4O3/c1-8-3-4-15(7-8)12(17)9-5-11(13-2)14-6-10(9)16(18)19/h5-6,8H,3-4,7H2,1-2H3,(H,13,14). The monoisotopic (exact) mass is 264 g/mol. The molecule has 7 nitrogen and oxygen atoms in total. The number of amides is 1. The topological polar surface area (TPSA) is 88.4 Å². The molecule has 1 unspecified atom stereocenters. The number of hydrogen-bond donors (Lipinski definition) is 1. The van der Waals surface area contributed by atoms with Gasteiger partial charge < -0.3 is 10.2 Å². The van der Waals surface area contributed by atoms with Gasteiger partial charge in [0, 0.05) is 26.2 Å². The summed E-state index contributed by atoms with van der Waals surface area (Å²) in [7, 11) is 1.65. The van der Waals surface area contributed by atoms with Gasteiger partial charge in [0.1, 0.15) is 17.6 Å². The Bertz CT molecular complexity index is 518. The number of pyridine rings is 1. The summed E-state index contributed by atoms with van der Waals surface area (Å²) in [6.45, 7) is 3.36. The van der Waals surface area contributed by atoms with E-state index in [2.05, 4.69) is 17.2 Å². The van der Waals surface area contributed by atoms with Crippen LogP contribution in [0.1, 0.15) is 23.7 Å². The number of nitrogens with one attached hydrogen (secondary N) is 1. The Balaban J connectivity index is 2.36. The lowest BCUT2D eigenvalue weighted by molar-refractivity contribution is -0.385. The fourth-order valence-electron chi connectivity index (χ4n) is 2.19. The maximum Gasteiger partial charge on any atom is 0.300 e. The van der Waals surface area contributed by atoms with Crippen molar-refractivity contribution in [2.75, 3.05) is 25.5 Å². The number of nitro groups is 1. The summed E-state index contributed by atoms with van der Waals surface area (Å²) in [6, 6.07) is 1.43. The summed E-state index contributed by atoms with van der Waals surface area (Å²) in [5.74, 6) is 0.588. The molecule has 1 N–H and O–H groups in total. The molecule has 0 spiro atoms. The van der Waals surface area contributed by atoms with Gasteiger partial charge in [-0.1, -0.05) is 6.92 Å². The van der Waals surface area contributed by atoms with Gasteiger partial charge in [0.2, 0.25) is 0 Å². The van der Waals surface area contributed by atoms with Crippen molar-refractivity contribution in [3.05, 3.63) is 27.9 Å². The molecule has 0 aliphatic carbocycles. The third-order valence-electron chi connectivity index (χ3n) is 3.28. The molecule has 1 fully saturated rings. The Morgan fingerprint density at radius 1 is 1.63 bits per heavy atom. The summed E-state index contributed by atoms with van der Waals surface area (Å²) in [5.41, 5.74) is -0.151. The fraction of sp³-hybridized carbons (Fsp3) is 0.500. The molecule has 1 aromatic heterocycles. The Labute approximate surface area is 110 Å². The summed E-state index contributed by atoms with van der Waals surface area (Å²) in [6.07, 6.45) is 2.06. The molecular weight excluding hydrogens is 248 g/mol. The van der Waals surface area contributed by atoms with Gasteiger partial charge in [-0.3, -0.25) is 14.9 Å². The summed E-state index contributed by atoms with van der Waals surface area (Å²) >= 11 is 0. The molecule has 1 atom stereocenters. The summed E-state index contributed by atoms with van der Waals surface area (Å²) < 4.78 is 0. The van der Waals surface area contributed by atoms with E-state index >= 15 is 0 Å². The highest BCUT2D eigenvalue weighted by Crippen LogP contribution is 2.25. The molecule has 1 saturated heterocycles. The van der Waals surface area contributed by atoms with Crippen LogP contribution < -0.4 is 5.32 Å². The molecule has 1 amide bonds. The largest absolute Gasteiger partial charge is 0.373 e. The van der Waals surface area contributed by atoms with Gasteiger partial charge >= 0.3 is 0 Å². The number of carbonyl (C=O) groups excluding carboxylic acids is 1. The highest BCUT2D eigenvalue weighted by Gasteiger charge is 2.29. The van der Waals surface area contributed by atoms with Gasteiger partial charge in [0.25, 0.3) is 11.6 Å². The molecule has 1 aliphatic heterocycles. The van der Waals surface area contributed by atoms with E-state index in [-0.39, 0.29) is 17.2 Å². The van der Waals surface area contributed by atoms with E-state index in [0.29, 0.717) is 24.8 Å². The second-order valence-corrected chi connectivity index (χ2v) is 4.74. The van der Waals surface area contributed by atoms with Crippen LogP contribution in [-0.4, -0.2) is 40.9 Å². The van der Waals surface area contributed by atoms with Crippen LogP contribution in [0.25, 0.3) is 0 Å². The van der Waals surface area contributed by atoms with Gasteiger partial charge in [-0.25, -0.2) is 4.98 Å². The van der Waals surface area contributed by atoms with Crippen molar-refractivity contribution in [2.24, 2.45) is 5.92 Å².